The first kappa shape index (κ1) is 10.7. The molecule has 0 aliphatic carbocycles. The Morgan fingerprint density at radius 3 is 2.50 bits per heavy atom. The molecule has 1 aliphatic heterocycles. The lowest BCUT2D eigenvalue weighted by molar-refractivity contribution is -0.203. The summed E-state index contributed by atoms with van der Waals surface area (Å²) in [7, 11) is 0. The summed E-state index contributed by atoms with van der Waals surface area (Å²) in [6, 6.07) is 0. The molecule has 0 saturated carbocycles. The SMILES string of the molecule is CC1(C)CC[C@H](O)[C@@](C)(CI)O1. The third kappa shape index (κ3) is 2.12. The van der Waals surface area contributed by atoms with Gasteiger partial charge in [0.25, 0.3) is 0 Å². The van der Waals surface area contributed by atoms with E-state index in [4.69, 9.17) is 4.74 Å². The quantitative estimate of drug-likeness (QED) is 0.590. The van der Waals surface area contributed by atoms with Crippen molar-refractivity contribution in [2.75, 3.05) is 4.43 Å². The fraction of sp³-hybridized carbons (Fsp3) is 1.00. The minimum absolute atomic E-state index is 0.0703. The Morgan fingerprint density at radius 2 is 2.08 bits per heavy atom. The van der Waals surface area contributed by atoms with Crippen LogP contribution in [0.4, 0.5) is 0 Å². The largest absolute Gasteiger partial charge is 0.390 e. The molecule has 1 N–H and O–H groups in total. The van der Waals surface area contributed by atoms with Crippen molar-refractivity contribution < 1.29 is 9.84 Å². The van der Waals surface area contributed by atoms with Crippen LogP contribution in [-0.2, 0) is 4.74 Å². The molecular formula is C9H17IO2. The Bertz CT molecular complexity index is 170. The summed E-state index contributed by atoms with van der Waals surface area (Å²) in [5.41, 5.74) is -0.415. The molecule has 2 nitrogen and oxygen atoms in total. The van der Waals surface area contributed by atoms with Crippen LogP contribution in [-0.4, -0.2) is 26.8 Å². The predicted molar refractivity (Wildman–Crippen MR) is 57.7 cm³/mol. The molecule has 12 heavy (non-hydrogen) atoms. The van der Waals surface area contributed by atoms with Gasteiger partial charge in [0.2, 0.25) is 0 Å². The highest BCUT2D eigenvalue weighted by molar-refractivity contribution is 14.1. The number of aliphatic hydroxyl groups is 1. The summed E-state index contributed by atoms with van der Waals surface area (Å²) in [5.74, 6) is 0. The molecule has 0 bridgehead atoms. The molecule has 3 heteroatoms. The van der Waals surface area contributed by atoms with Crippen molar-refractivity contribution in [3.63, 3.8) is 0 Å². The topological polar surface area (TPSA) is 29.5 Å². The second-order valence-electron chi connectivity index (χ2n) is 4.36. The van der Waals surface area contributed by atoms with E-state index in [-0.39, 0.29) is 17.3 Å². The second kappa shape index (κ2) is 3.42. The van der Waals surface area contributed by atoms with Crippen LogP contribution >= 0.6 is 22.6 Å². The Hall–Kier alpha value is 0.650. The van der Waals surface area contributed by atoms with Gasteiger partial charge in [-0.15, -0.1) is 0 Å². The van der Waals surface area contributed by atoms with E-state index in [0.29, 0.717) is 0 Å². The van der Waals surface area contributed by atoms with Gasteiger partial charge in [-0.25, -0.2) is 0 Å². The number of halogens is 1. The molecule has 0 unspecified atom stereocenters. The van der Waals surface area contributed by atoms with E-state index in [1.807, 2.05) is 6.92 Å². The van der Waals surface area contributed by atoms with Gasteiger partial charge in [0.1, 0.15) is 5.60 Å². The zero-order chi connectivity index (χ0) is 9.41. The van der Waals surface area contributed by atoms with Gasteiger partial charge in [-0.1, -0.05) is 22.6 Å². The minimum Gasteiger partial charge on any atom is -0.390 e. The fourth-order valence-corrected chi connectivity index (χ4v) is 2.32. The van der Waals surface area contributed by atoms with Crippen LogP contribution in [0.15, 0.2) is 0 Å². The van der Waals surface area contributed by atoms with Gasteiger partial charge >= 0.3 is 0 Å². The first-order chi connectivity index (χ1) is 5.40. The average Bonchev–Trinajstić information content (AvgIpc) is 1.97. The van der Waals surface area contributed by atoms with Gasteiger partial charge in [-0.05, 0) is 33.6 Å². The highest BCUT2D eigenvalue weighted by Gasteiger charge is 2.42. The summed E-state index contributed by atoms with van der Waals surface area (Å²) in [6.45, 7) is 6.16. The summed E-state index contributed by atoms with van der Waals surface area (Å²) in [6.07, 6.45) is 1.50. The van der Waals surface area contributed by atoms with E-state index in [0.717, 1.165) is 17.3 Å². The third-order valence-corrected chi connectivity index (χ3v) is 4.01. The van der Waals surface area contributed by atoms with Crippen molar-refractivity contribution in [3.05, 3.63) is 0 Å². The third-order valence-electron chi connectivity index (χ3n) is 2.50. The highest BCUT2D eigenvalue weighted by Crippen LogP contribution is 2.36. The average molecular weight is 284 g/mol. The molecule has 1 heterocycles. The molecule has 1 aliphatic rings. The van der Waals surface area contributed by atoms with Gasteiger partial charge in [0.15, 0.2) is 0 Å². The number of rotatable bonds is 1. The van der Waals surface area contributed by atoms with Crippen molar-refractivity contribution in [1.82, 2.24) is 0 Å². The van der Waals surface area contributed by atoms with Crippen LogP contribution in [0.3, 0.4) is 0 Å². The minimum atomic E-state index is -0.345. The van der Waals surface area contributed by atoms with Gasteiger partial charge in [-0.3, -0.25) is 0 Å². The zero-order valence-electron chi connectivity index (χ0n) is 7.93. The van der Waals surface area contributed by atoms with Gasteiger partial charge in [-0.2, -0.15) is 0 Å². The molecular weight excluding hydrogens is 267 g/mol. The van der Waals surface area contributed by atoms with Crippen molar-refractivity contribution in [3.8, 4) is 0 Å². The molecule has 1 rings (SSSR count). The van der Waals surface area contributed by atoms with E-state index in [1.165, 1.54) is 0 Å². The van der Waals surface area contributed by atoms with Crippen LogP contribution in [0.2, 0.25) is 0 Å². The lowest BCUT2D eigenvalue weighted by Gasteiger charge is -2.45. The normalized spacial score (nSPS) is 41.2. The summed E-state index contributed by atoms with van der Waals surface area (Å²) in [4.78, 5) is 0. The monoisotopic (exact) mass is 284 g/mol. The molecule has 1 saturated heterocycles. The summed E-state index contributed by atoms with van der Waals surface area (Å²) in [5, 5.41) is 9.73. The number of alkyl halides is 1. The van der Waals surface area contributed by atoms with Crippen LogP contribution in [0, 0.1) is 0 Å². The Labute approximate surface area is 87.8 Å². The maximum absolute atomic E-state index is 9.73. The smallest absolute Gasteiger partial charge is 0.101 e. The van der Waals surface area contributed by atoms with Crippen molar-refractivity contribution >= 4 is 22.6 Å². The number of hydrogen-bond donors (Lipinski definition) is 1. The lowest BCUT2D eigenvalue weighted by Crippen LogP contribution is -2.53. The molecule has 2 atom stereocenters. The molecule has 0 aromatic heterocycles. The van der Waals surface area contributed by atoms with Crippen molar-refractivity contribution in [2.24, 2.45) is 0 Å². The van der Waals surface area contributed by atoms with Crippen molar-refractivity contribution in [1.29, 1.82) is 0 Å². The molecule has 0 aromatic rings. The standard InChI is InChI=1S/C9H17IO2/c1-8(2)5-4-7(11)9(3,6-10)12-8/h7,11H,4-6H2,1-3H3/t7-,9+/m0/s1. The molecule has 0 amide bonds. The van der Waals surface area contributed by atoms with Crippen molar-refractivity contribution in [2.45, 2.75) is 50.9 Å². The van der Waals surface area contributed by atoms with Gasteiger partial charge in [0.05, 0.1) is 11.7 Å². The van der Waals surface area contributed by atoms with Gasteiger partial charge < -0.3 is 9.84 Å². The predicted octanol–water partition coefficient (Wildman–Crippen LogP) is 2.13. The van der Waals surface area contributed by atoms with E-state index in [9.17, 15) is 5.11 Å². The van der Waals surface area contributed by atoms with Crippen LogP contribution in [0.25, 0.3) is 0 Å². The Balaban J connectivity index is 2.72. The Morgan fingerprint density at radius 1 is 1.50 bits per heavy atom. The highest BCUT2D eigenvalue weighted by atomic mass is 127. The first-order valence-corrected chi connectivity index (χ1v) is 5.86. The van der Waals surface area contributed by atoms with E-state index in [2.05, 4.69) is 36.4 Å². The van der Waals surface area contributed by atoms with E-state index >= 15 is 0 Å². The first-order valence-electron chi connectivity index (χ1n) is 4.34. The number of aliphatic hydroxyl groups excluding tert-OH is 1. The zero-order valence-corrected chi connectivity index (χ0v) is 10.1. The number of ether oxygens (including phenoxy) is 1. The Kier molecular flexibility index (Phi) is 3.06. The fourth-order valence-electron chi connectivity index (χ4n) is 1.66. The maximum atomic E-state index is 9.73. The molecule has 72 valence electrons. The van der Waals surface area contributed by atoms with Crippen LogP contribution in [0.1, 0.15) is 33.6 Å². The van der Waals surface area contributed by atoms with Crippen LogP contribution in [0.5, 0.6) is 0 Å². The maximum Gasteiger partial charge on any atom is 0.101 e. The summed E-state index contributed by atoms with van der Waals surface area (Å²) >= 11 is 2.27. The molecule has 1 fully saturated rings. The molecule has 0 radical (unpaired) electrons. The van der Waals surface area contributed by atoms with E-state index in [1.54, 1.807) is 0 Å². The summed E-state index contributed by atoms with van der Waals surface area (Å²) < 4.78 is 6.71. The molecule has 0 aromatic carbocycles. The molecule has 0 spiro atoms. The van der Waals surface area contributed by atoms with E-state index < -0.39 is 0 Å². The lowest BCUT2D eigenvalue weighted by atomic mass is 9.87. The number of hydrogen-bond acceptors (Lipinski definition) is 2. The second-order valence-corrected chi connectivity index (χ2v) is 5.13. The van der Waals surface area contributed by atoms with Crippen LogP contribution < -0.4 is 0 Å². The van der Waals surface area contributed by atoms with Gasteiger partial charge in [0, 0.05) is 4.43 Å².